The molecule has 2 rings (SSSR count). The number of anilines is 1. The number of benzene rings is 2. The van der Waals surface area contributed by atoms with Crippen molar-refractivity contribution >= 4 is 17.5 Å². The van der Waals surface area contributed by atoms with E-state index < -0.39 is 0 Å². The zero-order valence-electron chi connectivity index (χ0n) is 13.9. The molecule has 0 unspecified atom stereocenters. The molecule has 0 saturated carbocycles. The fraction of sp³-hybridized carbons (Fsp3) is 0.222. The fourth-order valence-corrected chi connectivity index (χ4v) is 2.14. The lowest BCUT2D eigenvalue weighted by atomic mass is 10.1. The van der Waals surface area contributed by atoms with Crippen LogP contribution in [0.15, 0.2) is 42.5 Å². The summed E-state index contributed by atoms with van der Waals surface area (Å²) in [5.41, 5.74) is 2.10. The van der Waals surface area contributed by atoms with Gasteiger partial charge in [0.25, 0.3) is 0 Å². The van der Waals surface area contributed by atoms with Gasteiger partial charge in [0.2, 0.25) is 0 Å². The largest absolute Gasteiger partial charge is 0.493 e. The Morgan fingerprint density at radius 2 is 1.62 bits per heavy atom. The van der Waals surface area contributed by atoms with Gasteiger partial charge in [-0.25, -0.2) is 4.79 Å². The third kappa shape index (κ3) is 4.49. The maximum atomic E-state index is 11.9. The van der Waals surface area contributed by atoms with Gasteiger partial charge in [-0.2, -0.15) is 0 Å². The lowest BCUT2D eigenvalue weighted by molar-refractivity contribution is 0.101. The average molecular weight is 328 g/mol. The number of methoxy groups -OCH3 is 2. The summed E-state index contributed by atoms with van der Waals surface area (Å²) in [6, 6.07) is 11.8. The molecule has 2 aromatic carbocycles. The quantitative estimate of drug-likeness (QED) is 0.798. The second kappa shape index (κ2) is 8.01. The van der Waals surface area contributed by atoms with Gasteiger partial charge in [-0.3, -0.25) is 4.79 Å². The molecule has 126 valence electrons. The highest BCUT2D eigenvalue weighted by molar-refractivity contribution is 5.95. The molecule has 0 spiro atoms. The number of carbonyl (C=O) groups excluding carboxylic acids is 2. The van der Waals surface area contributed by atoms with Gasteiger partial charge in [-0.15, -0.1) is 0 Å². The predicted octanol–water partition coefficient (Wildman–Crippen LogP) is 3.23. The summed E-state index contributed by atoms with van der Waals surface area (Å²) in [5.74, 6) is 1.23. The predicted molar refractivity (Wildman–Crippen MR) is 91.9 cm³/mol. The average Bonchev–Trinajstić information content (AvgIpc) is 2.60. The summed E-state index contributed by atoms with van der Waals surface area (Å²) in [5, 5.41) is 5.47. The summed E-state index contributed by atoms with van der Waals surface area (Å²) >= 11 is 0. The summed E-state index contributed by atoms with van der Waals surface area (Å²) in [7, 11) is 3.13. The SMILES string of the molecule is COc1ccc(CNC(=O)Nc2ccc(C(C)=O)cc2)cc1OC. The molecule has 0 bridgehead atoms. The molecule has 6 heteroatoms. The molecule has 2 aromatic rings. The highest BCUT2D eigenvalue weighted by Gasteiger charge is 2.07. The lowest BCUT2D eigenvalue weighted by Gasteiger charge is -2.11. The molecule has 0 fully saturated rings. The van der Waals surface area contributed by atoms with Crippen LogP contribution >= 0.6 is 0 Å². The van der Waals surface area contributed by atoms with E-state index in [-0.39, 0.29) is 11.8 Å². The lowest BCUT2D eigenvalue weighted by Crippen LogP contribution is -2.28. The molecular weight excluding hydrogens is 308 g/mol. The van der Waals surface area contributed by atoms with Gasteiger partial charge in [0, 0.05) is 17.8 Å². The van der Waals surface area contributed by atoms with E-state index >= 15 is 0 Å². The normalized spacial score (nSPS) is 9.96. The zero-order valence-corrected chi connectivity index (χ0v) is 13.9. The van der Waals surface area contributed by atoms with Crippen LogP contribution < -0.4 is 20.1 Å². The minimum Gasteiger partial charge on any atom is -0.493 e. The standard InChI is InChI=1S/C18H20N2O4/c1-12(21)14-5-7-15(8-6-14)20-18(22)19-11-13-4-9-16(23-2)17(10-13)24-3/h4-10H,11H2,1-3H3,(H2,19,20,22). The number of carbonyl (C=O) groups is 2. The van der Waals surface area contributed by atoms with Gasteiger partial charge in [-0.05, 0) is 48.9 Å². The minimum atomic E-state index is -0.333. The van der Waals surface area contributed by atoms with Crippen LogP contribution in [0.2, 0.25) is 0 Å². The molecule has 2 N–H and O–H groups in total. The molecule has 0 aliphatic carbocycles. The van der Waals surface area contributed by atoms with Crippen LogP contribution in [-0.4, -0.2) is 26.0 Å². The highest BCUT2D eigenvalue weighted by atomic mass is 16.5. The van der Waals surface area contributed by atoms with Crippen LogP contribution in [0.3, 0.4) is 0 Å². The van der Waals surface area contributed by atoms with Gasteiger partial charge in [-0.1, -0.05) is 6.07 Å². The van der Waals surface area contributed by atoms with E-state index in [9.17, 15) is 9.59 Å². The van der Waals surface area contributed by atoms with Crippen molar-refractivity contribution in [2.45, 2.75) is 13.5 Å². The highest BCUT2D eigenvalue weighted by Crippen LogP contribution is 2.27. The Labute approximate surface area is 140 Å². The van der Waals surface area contributed by atoms with Crippen LogP contribution in [0.25, 0.3) is 0 Å². The Hall–Kier alpha value is -3.02. The molecule has 24 heavy (non-hydrogen) atoms. The molecule has 0 atom stereocenters. The van der Waals surface area contributed by atoms with Crippen LogP contribution in [0.1, 0.15) is 22.8 Å². The molecule has 0 aromatic heterocycles. The minimum absolute atomic E-state index is 0.0144. The van der Waals surface area contributed by atoms with E-state index in [0.29, 0.717) is 29.3 Å². The van der Waals surface area contributed by atoms with Crippen molar-refractivity contribution in [3.63, 3.8) is 0 Å². The number of nitrogens with one attached hydrogen (secondary N) is 2. The first-order valence-electron chi connectivity index (χ1n) is 7.40. The van der Waals surface area contributed by atoms with Crippen LogP contribution in [0.4, 0.5) is 10.5 Å². The number of ether oxygens (including phenoxy) is 2. The Morgan fingerprint density at radius 1 is 0.958 bits per heavy atom. The number of hydrogen-bond donors (Lipinski definition) is 2. The van der Waals surface area contributed by atoms with Crippen LogP contribution in [0, 0.1) is 0 Å². The zero-order chi connectivity index (χ0) is 17.5. The molecule has 0 aliphatic rings. The molecule has 0 heterocycles. The van der Waals surface area contributed by atoms with E-state index in [1.54, 1.807) is 50.6 Å². The number of amides is 2. The molecular formula is C18H20N2O4. The molecule has 0 radical (unpaired) electrons. The van der Waals surface area contributed by atoms with Crippen LogP contribution in [-0.2, 0) is 6.54 Å². The van der Waals surface area contributed by atoms with Crippen molar-refractivity contribution in [3.8, 4) is 11.5 Å². The van der Waals surface area contributed by atoms with E-state index in [1.165, 1.54) is 6.92 Å². The maximum Gasteiger partial charge on any atom is 0.319 e. The van der Waals surface area contributed by atoms with E-state index in [2.05, 4.69) is 10.6 Å². The number of ketones is 1. The first-order valence-corrected chi connectivity index (χ1v) is 7.40. The molecule has 6 nitrogen and oxygen atoms in total. The number of urea groups is 1. The van der Waals surface area contributed by atoms with Crippen molar-refractivity contribution in [2.24, 2.45) is 0 Å². The number of Topliss-reactive ketones (excluding diaryl/α,β-unsaturated/α-hetero) is 1. The van der Waals surface area contributed by atoms with Gasteiger partial charge in [0.1, 0.15) is 0 Å². The Balaban J connectivity index is 1.92. The number of hydrogen-bond acceptors (Lipinski definition) is 4. The first kappa shape index (κ1) is 17.3. The first-order chi connectivity index (χ1) is 11.5. The van der Waals surface area contributed by atoms with Gasteiger partial charge < -0.3 is 20.1 Å². The second-order valence-electron chi connectivity index (χ2n) is 5.13. The third-order valence-corrected chi connectivity index (χ3v) is 3.45. The van der Waals surface area contributed by atoms with Crippen LogP contribution in [0.5, 0.6) is 11.5 Å². The Morgan fingerprint density at radius 3 is 2.21 bits per heavy atom. The monoisotopic (exact) mass is 328 g/mol. The Kier molecular flexibility index (Phi) is 5.78. The smallest absolute Gasteiger partial charge is 0.319 e. The van der Waals surface area contributed by atoms with E-state index in [1.807, 2.05) is 6.07 Å². The van der Waals surface area contributed by atoms with Crippen molar-refractivity contribution < 1.29 is 19.1 Å². The van der Waals surface area contributed by atoms with E-state index in [4.69, 9.17) is 9.47 Å². The van der Waals surface area contributed by atoms with Crippen molar-refractivity contribution in [1.82, 2.24) is 5.32 Å². The summed E-state index contributed by atoms with van der Waals surface area (Å²) < 4.78 is 10.4. The second-order valence-corrected chi connectivity index (χ2v) is 5.13. The summed E-state index contributed by atoms with van der Waals surface area (Å²) in [6.07, 6.45) is 0. The van der Waals surface area contributed by atoms with Gasteiger partial charge in [0.05, 0.1) is 14.2 Å². The van der Waals surface area contributed by atoms with E-state index in [0.717, 1.165) is 5.56 Å². The van der Waals surface area contributed by atoms with Gasteiger partial charge in [0.15, 0.2) is 17.3 Å². The number of rotatable bonds is 6. The molecule has 0 aliphatic heterocycles. The van der Waals surface area contributed by atoms with Crippen molar-refractivity contribution in [3.05, 3.63) is 53.6 Å². The fourth-order valence-electron chi connectivity index (χ4n) is 2.14. The van der Waals surface area contributed by atoms with Crippen molar-refractivity contribution in [2.75, 3.05) is 19.5 Å². The summed E-state index contributed by atoms with van der Waals surface area (Å²) in [6.45, 7) is 1.84. The maximum absolute atomic E-state index is 11.9. The molecule has 2 amide bonds. The third-order valence-electron chi connectivity index (χ3n) is 3.45. The molecule has 0 saturated heterocycles. The van der Waals surface area contributed by atoms with Gasteiger partial charge >= 0.3 is 6.03 Å². The van der Waals surface area contributed by atoms with Crippen molar-refractivity contribution in [1.29, 1.82) is 0 Å². The summed E-state index contributed by atoms with van der Waals surface area (Å²) in [4.78, 5) is 23.2. The topological polar surface area (TPSA) is 76.7 Å². The Bertz CT molecular complexity index is 726.